The lowest BCUT2D eigenvalue weighted by molar-refractivity contribution is 0.271. The first-order chi connectivity index (χ1) is 8.03. The molecule has 1 rings (SSSR count). The molecule has 0 saturated heterocycles. The van der Waals surface area contributed by atoms with Gasteiger partial charge in [0.1, 0.15) is 0 Å². The molecule has 3 nitrogen and oxygen atoms in total. The van der Waals surface area contributed by atoms with E-state index in [1.807, 2.05) is 18.3 Å². The monoisotopic (exact) mass is 235 g/mol. The van der Waals surface area contributed by atoms with Crippen LogP contribution < -0.4 is 5.73 Å². The first kappa shape index (κ1) is 14.1. The topological polar surface area (TPSA) is 42.1 Å². The van der Waals surface area contributed by atoms with Crippen LogP contribution in [-0.2, 0) is 6.54 Å². The number of pyridine rings is 1. The van der Waals surface area contributed by atoms with E-state index in [-0.39, 0.29) is 5.41 Å². The first-order valence-electron chi connectivity index (χ1n) is 6.32. The van der Waals surface area contributed by atoms with Crippen LogP contribution in [0.1, 0.15) is 32.4 Å². The second-order valence-electron chi connectivity index (χ2n) is 5.53. The normalized spacial score (nSPS) is 12.1. The van der Waals surface area contributed by atoms with Gasteiger partial charge < -0.3 is 10.6 Å². The van der Waals surface area contributed by atoms with E-state index >= 15 is 0 Å². The van der Waals surface area contributed by atoms with Crippen molar-refractivity contribution in [2.24, 2.45) is 11.1 Å². The van der Waals surface area contributed by atoms with Crippen molar-refractivity contribution in [3.8, 4) is 0 Å². The highest BCUT2D eigenvalue weighted by Gasteiger charge is 2.14. The third-order valence-corrected chi connectivity index (χ3v) is 3.10. The van der Waals surface area contributed by atoms with Crippen LogP contribution in [-0.4, -0.2) is 30.0 Å². The van der Waals surface area contributed by atoms with Gasteiger partial charge in [0, 0.05) is 12.7 Å². The van der Waals surface area contributed by atoms with Crippen LogP contribution in [0.25, 0.3) is 0 Å². The second-order valence-corrected chi connectivity index (χ2v) is 5.53. The van der Waals surface area contributed by atoms with Gasteiger partial charge in [0.15, 0.2) is 0 Å². The van der Waals surface area contributed by atoms with E-state index in [2.05, 4.69) is 36.8 Å². The number of hydrogen-bond donors (Lipinski definition) is 1. The molecule has 0 unspecified atom stereocenters. The Morgan fingerprint density at radius 3 is 2.71 bits per heavy atom. The van der Waals surface area contributed by atoms with E-state index in [0.29, 0.717) is 0 Å². The number of rotatable bonds is 7. The first-order valence-corrected chi connectivity index (χ1v) is 6.32. The molecule has 17 heavy (non-hydrogen) atoms. The van der Waals surface area contributed by atoms with Crippen LogP contribution >= 0.6 is 0 Å². The molecule has 0 aliphatic rings. The SMILES string of the molecule is CN(CCCC(C)(C)CN)Cc1ccccn1. The van der Waals surface area contributed by atoms with Crippen LogP contribution in [0, 0.1) is 5.41 Å². The largest absolute Gasteiger partial charge is 0.330 e. The summed E-state index contributed by atoms with van der Waals surface area (Å²) in [7, 11) is 2.14. The number of nitrogens with two attached hydrogens (primary N) is 1. The van der Waals surface area contributed by atoms with Crippen molar-refractivity contribution < 1.29 is 0 Å². The highest BCUT2D eigenvalue weighted by Crippen LogP contribution is 2.20. The molecule has 0 bridgehead atoms. The van der Waals surface area contributed by atoms with E-state index in [1.54, 1.807) is 0 Å². The van der Waals surface area contributed by atoms with Gasteiger partial charge in [-0.1, -0.05) is 19.9 Å². The fraction of sp³-hybridized carbons (Fsp3) is 0.643. The molecule has 0 aromatic carbocycles. The molecule has 0 fully saturated rings. The van der Waals surface area contributed by atoms with Gasteiger partial charge in [-0.2, -0.15) is 0 Å². The third kappa shape index (κ3) is 5.80. The minimum Gasteiger partial charge on any atom is -0.330 e. The lowest BCUT2D eigenvalue weighted by atomic mass is 9.88. The Balaban J connectivity index is 2.24. The highest BCUT2D eigenvalue weighted by atomic mass is 15.1. The summed E-state index contributed by atoms with van der Waals surface area (Å²) in [4.78, 5) is 6.64. The lowest BCUT2D eigenvalue weighted by Crippen LogP contribution is -2.26. The van der Waals surface area contributed by atoms with E-state index in [0.717, 1.165) is 25.3 Å². The summed E-state index contributed by atoms with van der Waals surface area (Å²) in [5.41, 5.74) is 7.13. The Labute approximate surface area is 105 Å². The molecule has 3 heteroatoms. The summed E-state index contributed by atoms with van der Waals surface area (Å²) in [5, 5.41) is 0. The molecule has 2 N–H and O–H groups in total. The Bertz CT molecular complexity index is 309. The van der Waals surface area contributed by atoms with Crippen LogP contribution in [0.5, 0.6) is 0 Å². The molecule has 0 spiro atoms. The second kappa shape index (κ2) is 6.72. The summed E-state index contributed by atoms with van der Waals surface area (Å²) >= 11 is 0. The van der Waals surface area contributed by atoms with E-state index in [9.17, 15) is 0 Å². The van der Waals surface area contributed by atoms with E-state index in [1.165, 1.54) is 12.8 Å². The zero-order valence-corrected chi connectivity index (χ0v) is 11.3. The fourth-order valence-corrected chi connectivity index (χ4v) is 1.78. The van der Waals surface area contributed by atoms with Crippen molar-refractivity contribution in [2.75, 3.05) is 20.1 Å². The highest BCUT2D eigenvalue weighted by molar-refractivity contribution is 5.02. The van der Waals surface area contributed by atoms with Gasteiger partial charge in [-0.25, -0.2) is 0 Å². The summed E-state index contributed by atoms with van der Waals surface area (Å²) in [5.74, 6) is 0. The third-order valence-electron chi connectivity index (χ3n) is 3.10. The van der Waals surface area contributed by atoms with Gasteiger partial charge in [0.05, 0.1) is 5.69 Å². The van der Waals surface area contributed by atoms with Crippen molar-refractivity contribution >= 4 is 0 Å². The molecule has 1 aromatic rings. The zero-order valence-electron chi connectivity index (χ0n) is 11.3. The maximum Gasteiger partial charge on any atom is 0.0543 e. The molecule has 1 aromatic heterocycles. The molecule has 1 heterocycles. The average molecular weight is 235 g/mol. The molecule has 0 amide bonds. The summed E-state index contributed by atoms with van der Waals surface area (Å²) < 4.78 is 0. The summed E-state index contributed by atoms with van der Waals surface area (Å²) in [6.07, 6.45) is 4.21. The smallest absolute Gasteiger partial charge is 0.0543 e. The van der Waals surface area contributed by atoms with Crippen LogP contribution in [0.2, 0.25) is 0 Å². The predicted octanol–water partition coefficient (Wildman–Crippen LogP) is 2.28. The molecule has 0 radical (unpaired) electrons. The molecule has 0 atom stereocenters. The van der Waals surface area contributed by atoms with Crippen molar-refractivity contribution in [3.05, 3.63) is 30.1 Å². The maximum atomic E-state index is 5.72. The molecule has 96 valence electrons. The number of nitrogens with zero attached hydrogens (tertiary/aromatic N) is 2. The van der Waals surface area contributed by atoms with Crippen molar-refractivity contribution in [1.82, 2.24) is 9.88 Å². The van der Waals surface area contributed by atoms with E-state index in [4.69, 9.17) is 5.73 Å². The minimum atomic E-state index is 0.270. The Kier molecular flexibility index (Phi) is 5.59. The van der Waals surface area contributed by atoms with Gasteiger partial charge in [-0.05, 0) is 50.5 Å². The van der Waals surface area contributed by atoms with Crippen molar-refractivity contribution in [2.45, 2.75) is 33.2 Å². The van der Waals surface area contributed by atoms with Gasteiger partial charge in [-0.3, -0.25) is 4.98 Å². The van der Waals surface area contributed by atoms with Gasteiger partial charge in [-0.15, -0.1) is 0 Å². The van der Waals surface area contributed by atoms with Gasteiger partial charge in [0.2, 0.25) is 0 Å². The van der Waals surface area contributed by atoms with Crippen molar-refractivity contribution in [1.29, 1.82) is 0 Å². The predicted molar refractivity (Wildman–Crippen MR) is 72.6 cm³/mol. The molecule has 0 aliphatic carbocycles. The number of hydrogen-bond acceptors (Lipinski definition) is 3. The Hall–Kier alpha value is -0.930. The van der Waals surface area contributed by atoms with Crippen LogP contribution in [0.4, 0.5) is 0 Å². The minimum absolute atomic E-state index is 0.270. The lowest BCUT2D eigenvalue weighted by Gasteiger charge is -2.24. The van der Waals surface area contributed by atoms with Gasteiger partial charge >= 0.3 is 0 Å². The molecular weight excluding hydrogens is 210 g/mol. The number of aromatic nitrogens is 1. The fourth-order valence-electron chi connectivity index (χ4n) is 1.78. The summed E-state index contributed by atoms with van der Waals surface area (Å²) in [6, 6.07) is 6.06. The molecule has 0 saturated carbocycles. The van der Waals surface area contributed by atoms with Gasteiger partial charge in [0.25, 0.3) is 0 Å². The molecule has 0 aliphatic heterocycles. The average Bonchev–Trinajstić information content (AvgIpc) is 2.30. The Morgan fingerprint density at radius 2 is 2.12 bits per heavy atom. The summed E-state index contributed by atoms with van der Waals surface area (Å²) in [6.45, 7) is 7.23. The van der Waals surface area contributed by atoms with Crippen LogP contribution in [0.15, 0.2) is 24.4 Å². The Morgan fingerprint density at radius 1 is 1.35 bits per heavy atom. The standard InChI is InChI=1S/C14H25N3/c1-14(2,12-15)8-6-10-17(3)11-13-7-4-5-9-16-13/h4-5,7,9H,6,8,10-12,15H2,1-3H3. The zero-order chi connectivity index (χ0) is 12.7. The van der Waals surface area contributed by atoms with Crippen molar-refractivity contribution in [3.63, 3.8) is 0 Å². The maximum absolute atomic E-state index is 5.72. The molecular formula is C14H25N3. The quantitative estimate of drug-likeness (QED) is 0.788. The van der Waals surface area contributed by atoms with Crippen LogP contribution in [0.3, 0.4) is 0 Å². The van der Waals surface area contributed by atoms with E-state index < -0.39 is 0 Å².